The maximum Gasteiger partial charge on any atom is 0.239 e. The lowest BCUT2D eigenvalue weighted by Gasteiger charge is -2.33. The van der Waals surface area contributed by atoms with Gasteiger partial charge in [-0.15, -0.1) is 0 Å². The summed E-state index contributed by atoms with van der Waals surface area (Å²) in [4.78, 5) is 13.7. The average Bonchev–Trinajstić information content (AvgIpc) is 2.49. The normalized spacial score (nSPS) is 17.6. The Hall–Kier alpha value is -1.69. The van der Waals surface area contributed by atoms with E-state index in [2.05, 4.69) is 0 Å². The van der Waals surface area contributed by atoms with Crippen LogP contribution in [0, 0.1) is 11.6 Å². The Morgan fingerprint density at radius 2 is 2.10 bits per heavy atom. The highest BCUT2D eigenvalue weighted by Crippen LogP contribution is 2.23. The standard InChI is InChI=1S/C15H20F2N2O2/c1-2-13(18)15(20)19-7-5-11(6-8-19)21-14-4-3-10(16)9-12(14)17/h3-4,9,11,13H,2,5-8,18H2,1H3/t13-/m0/s1. The number of nitrogens with zero attached hydrogens (tertiary/aromatic N) is 1. The lowest BCUT2D eigenvalue weighted by molar-refractivity contribution is -0.134. The van der Waals surface area contributed by atoms with E-state index in [9.17, 15) is 13.6 Å². The molecule has 21 heavy (non-hydrogen) atoms. The van der Waals surface area contributed by atoms with Gasteiger partial charge in [0.1, 0.15) is 11.9 Å². The number of ether oxygens (including phenoxy) is 1. The van der Waals surface area contributed by atoms with Crippen LogP contribution in [0.3, 0.4) is 0 Å². The molecule has 116 valence electrons. The minimum Gasteiger partial charge on any atom is -0.487 e. The van der Waals surface area contributed by atoms with Crippen molar-refractivity contribution in [1.29, 1.82) is 0 Å². The number of benzene rings is 1. The van der Waals surface area contributed by atoms with Gasteiger partial charge in [-0.05, 0) is 18.6 Å². The molecule has 0 unspecified atom stereocenters. The first kappa shape index (κ1) is 15.7. The number of piperidine rings is 1. The van der Waals surface area contributed by atoms with Gasteiger partial charge in [-0.25, -0.2) is 8.78 Å². The van der Waals surface area contributed by atoms with Crippen LogP contribution in [0.1, 0.15) is 26.2 Å². The van der Waals surface area contributed by atoms with Crippen molar-refractivity contribution in [2.45, 2.75) is 38.3 Å². The number of carbonyl (C=O) groups is 1. The summed E-state index contributed by atoms with van der Waals surface area (Å²) in [5, 5.41) is 0. The number of likely N-dealkylation sites (tertiary alicyclic amines) is 1. The first-order chi connectivity index (χ1) is 10.0. The van der Waals surface area contributed by atoms with Crippen molar-refractivity contribution < 1.29 is 18.3 Å². The number of carbonyl (C=O) groups excluding carboxylic acids is 1. The minimum atomic E-state index is -0.707. The molecule has 1 fully saturated rings. The molecule has 4 nitrogen and oxygen atoms in total. The summed E-state index contributed by atoms with van der Waals surface area (Å²) in [5.74, 6) is -1.34. The Balaban J connectivity index is 1.88. The molecule has 0 bridgehead atoms. The maximum atomic E-state index is 13.5. The highest BCUT2D eigenvalue weighted by Gasteiger charge is 2.26. The predicted molar refractivity (Wildman–Crippen MR) is 74.9 cm³/mol. The molecule has 1 aliphatic heterocycles. The summed E-state index contributed by atoms with van der Waals surface area (Å²) in [7, 11) is 0. The summed E-state index contributed by atoms with van der Waals surface area (Å²) in [6.45, 7) is 2.95. The van der Waals surface area contributed by atoms with Crippen LogP contribution in [0.5, 0.6) is 5.75 Å². The first-order valence-corrected chi connectivity index (χ1v) is 7.17. The first-order valence-electron chi connectivity index (χ1n) is 7.17. The Morgan fingerprint density at radius 3 is 2.67 bits per heavy atom. The van der Waals surface area contributed by atoms with Gasteiger partial charge in [0.25, 0.3) is 0 Å². The highest BCUT2D eigenvalue weighted by atomic mass is 19.1. The molecule has 1 aromatic carbocycles. The number of hydrogen-bond acceptors (Lipinski definition) is 3. The second-order valence-electron chi connectivity index (χ2n) is 5.23. The lowest BCUT2D eigenvalue weighted by Crippen LogP contribution is -2.48. The van der Waals surface area contributed by atoms with Crippen molar-refractivity contribution in [3.8, 4) is 5.75 Å². The topological polar surface area (TPSA) is 55.6 Å². The molecule has 0 radical (unpaired) electrons. The highest BCUT2D eigenvalue weighted by molar-refractivity contribution is 5.81. The zero-order valence-electron chi connectivity index (χ0n) is 12.0. The Kier molecular flexibility index (Phi) is 5.12. The summed E-state index contributed by atoms with van der Waals surface area (Å²) in [6, 6.07) is 2.79. The van der Waals surface area contributed by atoms with Crippen molar-refractivity contribution >= 4 is 5.91 Å². The summed E-state index contributed by atoms with van der Waals surface area (Å²) in [5.41, 5.74) is 5.73. The van der Waals surface area contributed by atoms with E-state index in [4.69, 9.17) is 10.5 Å². The Labute approximate surface area is 122 Å². The van der Waals surface area contributed by atoms with Gasteiger partial charge < -0.3 is 15.4 Å². The SMILES string of the molecule is CC[C@H](N)C(=O)N1CCC(Oc2ccc(F)cc2F)CC1. The molecule has 1 amide bonds. The third-order valence-electron chi connectivity index (χ3n) is 3.70. The van der Waals surface area contributed by atoms with E-state index in [1.807, 2.05) is 6.92 Å². The molecular formula is C15H20F2N2O2. The van der Waals surface area contributed by atoms with Crippen molar-refractivity contribution in [2.24, 2.45) is 5.73 Å². The van der Waals surface area contributed by atoms with Gasteiger partial charge in [0.05, 0.1) is 6.04 Å². The Morgan fingerprint density at radius 1 is 1.43 bits per heavy atom. The molecule has 0 spiro atoms. The van der Waals surface area contributed by atoms with Gasteiger partial charge in [-0.2, -0.15) is 0 Å². The Bertz CT molecular complexity index is 502. The van der Waals surface area contributed by atoms with Crippen LogP contribution in [0.25, 0.3) is 0 Å². The van der Waals surface area contributed by atoms with Crippen LogP contribution in [0.4, 0.5) is 8.78 Å². The monoisotopic (exact) mass is 298 g/mol. The average molecular weight is 298 g/mol. The smallest absolute Gasteiger partial charge is 0.239 e. The van der Waals surface area contributed by atoms with Gasteiger partial charge in [-0.3, -0.25) is 4.79 Å². The maximum absolute atomic E-state index is 13.5. The van der Waals surface area contributed by atoms with E-state index < -0.39 is 17.7 Å². The molecule has 0 aliphatic carbocycles. The van der Waals surface area contributed by atoms with Crippen molar-refractivity contribution in [3.63, 3.8) is 0 Å². The fourth-order valence-corrected chi connectivity index (χ4v) is 2.35. The molecule has 0 saturated carbocycles. The zero-order chi connectivity index (χ0) is 15.4. The van der Waals surface area contributed by atoms with E-state index in [-0.39, 0.29) is 17.8 Å². The number of halogens is 2. The lowest BCUT2D eigenvalue weighted by atomic mass is 10.1. The van der Waals surface area contributed by atoms with E-state index in [0.717, 1.165) is 12.1 Å². The van der Waals surface area contributed by atoms with Gasteiger partial charge in [0.15, 0.2) is 11.6 Å². The molecule has 1 saturated heterocycles. The molecular weight excluding hydrogens is 278 g/mol. The molecule has 1 aromatic rings. The van der Waals surface area contributed by atoms with Crippen LogP contribution in [0.15, 0.2) is 18.2 Å². The fourth-order valence-electron chi connectivity index (χ4n) is 2.35. The van der Waals surface area contributed by atoms with Crippen molar-refractivity contribution in [2.75, 3.05) is 13.1 Å². The third kappa shape index (κ3) is 3.91. The van der Waals surface area contributed by atoms with Crippen LogP contribution < -0.4 is 10.5 Å². The van der Waals surface area contributed by atoms with Gasteiger partial charge >= 0.3 is 0 Å². The number of rotatable bonds is 4. The molecule has 1 heterocycles. The molecule has 2 N–H and O–H groups in total. The van der Waals surface area contributed by atoms with Crippen LogP contribution in [-0.4, -0.2) is 36.0 Å². The van der Waals surface area contributed by atoms with Crippen molar-refractivity contribution in [1.82, 2.24) is 4.90 Å². The van der Waals surface area contributed by atoms with Gasteiger partial charge in [0, 0.05) is 32.0 Å². The van der Waals surface area contributed by atoms with Crippen LogP contribution in [-0.2, 0) is 4.79 Å². The fraction of sp³-hybridized carbons (Fsp3) is 0.533. The van der Waals surface area contributed by atoms with E-state index in [1.54, 1.807) is 4.90 Å². The quantitative estimate of drug-likeness (QED) is 0.926. The summed E-state index contributed by atoms with van der Waals surface area (Å²) >= 11 is 0. The van der Waals surface area contributed by atoms with Gasteiger partial charge in [-0.1, -0.05) is 6.92 Å². The van der Waals surface area contributed by atoms with Crippen molar-refractivity contribution in [3.05, 3.63) is 29.8 Å². The molecule has 6 heteroatoms. The van der Waals surface area contributed by atoms with Crippen LogP contribution >= 0.6 is 0 Å². The summed E-state index contributed by atoms with van der Waals surface area (Å²) < 4.78 is 31.9. The summed E-state index contributed by atoms with van der Waals surface area (Å²) in [6.07, 6.45) is 1.65. The van der Waals surface area contributed by atoms with Crippen LogP contribution in [0.2, 0.25) is 0 Å². The molecule has 2 rings (SSSR count). The third-order valence-corrected chi connectivity index (χ3v) is 3.70. The second-order valence-corrected chi connectivity index (χ2v) is 5.23. The van der Waals surface area contributed by atoms with Gasteiger partial charge in [0.2, 0.25) is 5.91 Å². The number of amides is 1. The predicted octanol–water partition coefficient (Wildman–Crippen LogP) is 2.07. The number of hydrogen-bond donors (Lipinski definition) is 1. The van der Waals surface area contributed by atoms with E-state index in [0.29, 0.717) is 32.4 Å². The zero-order valence-corrected chi connectivity index (χ0v) is 12.0. The second kappa shape index (κ2) is 6.85. The molecule has 1 aliphatic rings. The minimum absolute atomic E-state index is 0.0476. The van der Waals surface area contributed by atoms with E-state index >= 15 is 0 Å². The molecule has 0 aromatic heterocycles. The van der Waals surface area contributed by atoms with E-state index in [1.165, 1.54) is 6.07 Å². The largest absolute Gasteiger partial charge is 0.487 e. The molecule has 1 atom stereocenters. The number of nitrogens with two attached hydrogens (primary N) is 1.